The van der Waals surface area contributed by atoms with Gasteiger partial charge in [-0.1, -0.05) is 60.7 Å². The van der Waals surface area contributed by atoms with Gasteiger partial charge in [0.25, 0.3) is 6.47 Å². The van der Waals surface area contributed by atoms with Crippen molar-refractivity contribution >= 4 is 42.9 Å². The summed E-state index contributed by atoms with van der Waals surface area (Å²) in [6.45, 7) is 0.142. The molecule has 0 saturated carbocycles. The van der Waals surface area contributed by atoms with E-state index in [0.29, 0.717) is 5.56 Å². The predicted octanol–water partition coefficient (Wildman–Crippen LogP) is 2.43. The molecular weight excluding hydrogens is 488 g/mol. The van der Waals surface area contributed by atoms with Crippen molar-refractivity contribution in [2.75, 3.05) is 5.75 Å². The number of aliphatic carboxylic acids is 1. The fourth-order valence-corrected chi connectivity index (χ4v) is 3.57. The maximum absolute atomic E-state index is 12.7. The van der Waals surface area contributed by atoms with Crippen molar-refractivity contribution in [1.82, 2.24) is 10.6 Å². The number of ether oxygens (including phenoxy) is 2. The largest absolute Gasteiger partial charge is 0.481 e. The number of nitrogens with one attached hydrogen (secondary N) is 2. The number of thiol groups is 1. The molecule has 0 aliphatic heterocycles. The van der Waals surface area contributed by atoms with E-state index >= 15 is 0 Å². The van der Waals surface area contributed by atoms with Crippen LogP contribution in [0.25, 0.3) is 0 Å². The Kier molecular flexibility index (Phi) is 12.0. The minimum Gasteiger partial charge on any atom is -0.481 e. The number of rotatable bonds is 15. The molecule has 0 bridgehead atoms. The van der Waals surface area contributed by atoms with Gasteiger partial charge in [0.2, 0.25) is 5.91 Å². The van der Waals surface area contributed by atoms with Gasteiger partial charge in [-0.2, -0.15) is 12.6 Å². The first kappa shape index (κ1) is 28.4. The molecule has 11 heteroatoms. The molecule has 10 nitrogen and oxygen atoms in total. The van der Waals surface area contributed by atoms with Crippen LogP contribution in [0.5, 0.6) is 0 Å². The average Bonchev–Trinajstić information content (AvgIpc) is 2.88. The Bertz CT molecular complexity index is 1020. The number of alkyl carbamates (subject to hydrolysis) is 1. The molecule has 0 spiro atoms. The van der Waals surface area contributed by atoms with Crippen LogP contribution < -0.4 is 10.6 Å². The van der Waals surface area contributed by atoms with Gasteiger partial charge in [-0.15, -0.1) is 0 Å². The van der Waals surface area contributed by atoms with Crippen molar-refractivity contribution in [3.05, 3.63) is 71.8 Å². The van der Waals surface area contributed by atoms with Gasteiger partial charge in [-0.25, -0.2) is 4.79 Å². The summed E-state index contributed by atoms with van der Waals surface area (Å²) < 4.78 is 9.87. The highest BCUT2D eigenvalue weighted by Gasteiger charge is 2.28. The number of carboxylic acids is 1. The molecule has 2 aromatic rings. The lowest BCUT2D eigenvalue weighted by Crippen LogP contribution is -2.44. The summed E-state index contributed by atoms with van der Waals surface area (Å²) in [5, 5.41) is 14.4. The minimum absolute atomic E-state index is 0.00697. The molecule has 3 atom stereocenters. The van der Waals surface area contributed by atoms with E-state index in [1.54, 1.807) is 54.6 Å². The Morgan fingerprint density at radius 1 is 0.972 bits per heavy atom. The fraction of sp³-hybridized carbons (Fsp3) is 0.320. The summed E-state index contributed by atoms with van der Waals surface area (Å²) in [6.07, 6.45) is -2.57. The summed E-state index contributed by atoms with van der Waals surface area (Å²) in [4.78, 5) is 59.6. The lowest BCUT2D eigenvalue weighted by Gasteiger charge is -2.20. The number of carbonyl (C=O) groups is 5. The normalized spacial score (nSPS) is 12.9. The van der Waals surface area contributed by atoms with Crippen LogP contribution in [-0.4, -0.2) is 53.4 Å². The van der Waals surface area contributed by atoms with Gasteiger partial charge < -0.3 is 19.9 Å². The molecule has 2 aromatic carbocycles. The van der Waals surface area contributed by atoms with E-state index in [-0.39, 0.29) is 38.1 Å². The molecule has 2 amide bonds. The Morgan fingerprint density at radius 3 is 2.19 bits per heavy atom. The summed E-state index contributed by atoms with van der Waals surface area (Å²) in [5.41, 5.74) is 1.24. The molecular formula is C25H28N2O8S. The second-order valence-electron chi connectivity index (χ2n) is 7.74. The molecule has 0 saturated heterocycles. The van der Waals surface area contributed by atoms with Gasteiger partial charge in [0, 0.05) is 25.0 Å². The Morgan fingerprint density at radius 2 is 1.61 bits per heavy atom. The maximum Gasteiger partial charge on any atom is 0.410 e. The third-order valence-electron chi connectivity index (χ3n) is 5.16. The number of hydrogen-bond acceptors (Lipinski definition) is 8. The van der Waals surface area contributed by atoms with Crippen LogP contribution in [0.15, 0.2) is 60.7 Å². The maximum atomic E-state index is 12.7. The smallest absolute Gasteiger partial charge is 0.410 e. The molecule has 0 radical (unpaired) electrons. The zero-order valence-electron chi connectivity index (χ0n) is 19.4. The second kappa shape index (κ2) is 15.2. The third kappa shape index (κ3) is 9.79. The molecule has 0 unspecified atom stereocenters. The zero-order chi connectivity index (χ0) is 26.3. The number of carbonyl (C=O) groups excluding carboxylic acids is 4. The van der Waals surface area contributed by atoms with E-state index < -0.39 is 41.9 Å². The SMILES string of the molecule is O=CO[C@H](CCC(=O)N[C@@H](CS)C(=O)C[C@@H](C(=O)O)c1ccccc1)NC(=O)OCc1ccccc1. The summed E-state index contributed by atoms with van der Waals surface area (Å²) in [7, 11) is 0. The zero-order valence-corrected chi connectivity index (χ0v) is 20.3. The number of Topliss-reactive ketones (excluding diaryl/α,β-unsaturated/α-hetero) is 1. The number of ketones is 1. The molecule has 36 heavy (non-hydrogen) atoms. The van der Waals surface area contributed by atoms with Crippen molar-refractivity contribution in [3.8, 4) is 0 Å². The molecule has 192 valence electrons. The number of amides is 2. The van der Waals surface area contributed by atoms with Crippen molar-refractivity contribution in [2.24, 2.45) is 0 Å². The van der Waals surface area contributed by atoms with E-state index in [4.69, 9.17) is 9.47 Å². The molecule has 3 N–H and O–H groups in total. The Balaban J connectivity index is 1.85. The van der Waals surface area contributed by atoms with E-state index in [0.717, 1.165) is 5.56 Å². The van der Waals surface area contributed by atoms with E-state index in [1.807, 2.05) is 6.07 Å². The van der Waals surface area contributed by atoms with Gasteiger partial charge in [0.1, 0.15) is 6.61 Å². The summed E-state index contributed by atoms with van der Waals surface area (Å²) in [5.74, 6) is -3.30. The van der Waals surface area contributed by atoms with Crippen LogP contribution >= 0.6 is 12.6 Å². The van der Waals surface area contributed by atoms with Crippen LogP contribution in [0.1, 0.15) is 36.3 Å². The molecule has 2 rings (SSSR count). The van der Waals surface area contributed by atoms with Crippen molar-refractivity contribution in [2.45, 2.75) is 44.1 Å². The first-order valence-corrected chi connectivity index (χ1v) is 11.7. The molecule has 0 aromatic heterocycles. The summed E-state index contributed by atoms with van der Waals surface area (Å²) >= 11 is 4.10. The Hall–Kier alpha value is -3.86. The summed E-state index contributed by atoms with van der Waals surface area (Å²) in [6, 6.07) is 16.3. The molecule has 0 aliphatic rings. The van der Waals surface area contributed by atoms with Crippen LogP contribution in [0.3, 0.4) is 0 Å². The van der Waals surface area contributed by atoms with E-state index in [9.17, 15) is 29.1 Å². The highest BCUT2D eigenvalue weighted by Crippen LogP contribution is 2.21. The van der Waals surface area contributed by atoms with Crippen molar-refractivity contribution in [1.29, 1.82) is 0 Å². The number of benzene rings is 2. The number of carboxylic acid groups (broad SMARTS) is 1. The first-order chi connectivity index (χ1) is 17.3. The molecule has 0 aliphatic carbocycles. The predicted molar refractivity (Wildman–Crippen MR) is 132 cm³/mol. The van der Waals surface area contributed by atoms with Gasteiger partial charge >= 0.3 is 12.1 Å². The first-order valence-electron chi connectivity index (χ1n) is 11.1. The monoisotopic (exact) mass is 516 g/mol. The van der Waals surface area contributed by atoms with Crippen LogP contribution in [-0.2, 0) is 35.3 Å². The van der Waals surface area contributed by atoms with Crippen LogP contribution in [0, 0.1) is 0 Å². The van der Waals surface area contributed by atoms with Gasteiger partial charge in [-0.05, 0) is 11.1 Å². The third-order valence-corrected chi connectivity index (χ3v) is 5.52. The second-order valence-corrected chi connectivity index (χ2v) is 8.11. The van der Waals surface area contributed by atoms with E-state index in [2.05, 4.69) is 23.3 Å². The highest BCUT2D eigenvalue weighted by molar-refractivity contribution is 7.80. The number of hydrogen-bond donors (Lipinski definition) is 4. The minimum atomic E-state index is -1.15. The lowest BCUT2D eigenvalue weighted by atomic mass is 9.92. The standard InChI is InChI=1S/C25H28N2O8S/c28-16-35-23(27-25(33)34-14-17-7-3-1-4-8-17)12-11-22(30)26-20(15-36)21(29)13-19(24(31)32)18-9-5-2-6-10-18/h1-10,16,19-20,23,36H,11-15H2,(H,26,30)(H,27,33)(H,31,32)/t19-,20+,23-/m1/s1. The van der Waals surface area contributed by atoms with Crippen molar-refractivity contribution in [3.63, 3.8) is 0 Å². The average molecular weight is 517 g/mol. The van der Waals surface area contributed by atoms with E-state index in [1.165, 1.54) is 0 Å². The molecule has 0 fully saturated rings. The molecule has 0 heterocycles. The topological polar surface area (TPSA) is 148 Å². The lowest BCUT2D eigenvalue weighted by molar-refractivity contribution is -0.141. The Labute approximate surface area is 213 Å². The van der Waals surface area contributed by atoms with Crippen LogP contribution in [0.4, 0.5) is 4.79 Å². The quantitative estimate of drug-likeness (QED) is 0.160. The highest BCUT2D eigenvalue weighted by atomic mass is 32.1. The van der Waals surface area contributed by atoms with Gasteiger partial charge in [-0.3, -0.25) is 24.5 Å². The van der Waals surface area contributed by atoms with Crippen LogP contribution in [0.2, 0.25) is 0 Å². The fourth-order valence-electron chi connectivity index (χ4n) is 3.27. The van der Waals surface area contributed by atoms with Gasteiger partial charge in [0.15, 0.2) is 12.0 Å². The van der Waals surface area contributed by atoms with Gasteiger partial charge in [0.05, 0.1) is 12.0 Å². The van der Waals surface area contributed by atoms with Crippen molar-refractivity contribution < 1.29 is 38.6 Å².